The van der Waals surface area contributed by atoms with Gasteiger partial charge in [0.2, 0.25) is 5.89 Å². The van der Waals surface area contributed by atoms with E-state index in [2.05, 4.69) is 22.4 Å². The number of halogens is 1. The summed E-state index contributed by atoms with van der Waals surface area (Å²) in [6.45, 7) is 4.41. The van der Waals surface area contributed by atoms with Crippen LogP contribution in [-0.2, 0) is 6.54 Å². The third-order valence-electron chi connectivity index (χ3n) is 2.48. The normalized spacial score (nSPS) is 12.6. The van der Waals surface area contributed by atoms with Gasteiger partial charge in [-0.05, 0) is 31.5 Å². The van der Waals surface area contributed by atoms with E-state index in [1.165, 1.54) is 0 Å². The fourth-order valence-electron chi connectivity index (χ4n) is 1.55. The number of hydrogen-bond donors (Lipinski definition) is 1. The molecule has 1 heterocycles. The van der Waals surface area contributed by atoms with E-state index in [0.29, 0.717) is 18.3 Å². The third kappa shape index (κ3) is 3.28. The fourth-order valence-corrected chi connectivity index (χ4v) is 1.74. The van der Waals surface area contributed by atoms with Crippen molar-refractivity contribution in [1.29, 1.82) is 0 Å². The maximum absolute atomic E-state index is 5.94. The van der Waals surface area contributed by atoms with Crippen LogP contribution < -0.4 is 5.32 Å². The van der Waals surface area contributed by atoms with Gasteiger partial charge >= 0.3 is 0 Å². The van der Waals surface area contributed by atoms with Crippen LogP contribution in [0.1, 0.15) is 30.2 Å². The second-order valence-electron chi connectivity index (χ2n) is 3.89. The quantitative estimate of drug-likeness (QED) is 0.908. The minimum absolute atomic E-state index is 0.181. The minimum atomic E-state index is 0.181. The van der Waals surface area contributed by atoms with Crippen molar-refractivity contribution in [2.45, 2.75) is 26.4 Å². The summed E-state index contributed by atoms with van der Waals surface area (Å²) in [5, 5.41) is 7.78. The molecule has 0 radical (unpaired) electrons. The molecule has 0 saturated carbocycles. The summed E-state index contributed by atoms with van der Waals surface area (Å²) < 4.78 is 5.02. The molecule has 1 N–H and O–H groups in total. The van der Waals surface area contributed by atoms with Gasteiger partial charge in [-0.2, -0.15) is 4.98 Å². The highest BCUT2D eigenvalue weighted by molar-refractivity contribution is 6.30. The van der Waals surface area contributed by atoms with E-state index in [0.717, 1.165) is 10.6 Å². The van der Waals surface area contributed by atoms with Gasteiger partial charge in [0.05, 0.1) is 6.54 Å². The summed E-state index contributed by atoms with van der Waals surface area (Å²) in [5.41, 5.74) is 1.13. The summed E-state index contributed by atoms with van der Waals surface area (Å²) in [6, 6.07) is 7.95. The van der Waals surface area contributed by atoms with Crippen molar-refractivity contribution in [3.05, 3.63) is 46.6 Å². The Morgan fingerprint density at radius 2 is 2.29 bits per heavy atom. The first-order valence-electron chi connectivity index (χ1n) is 5.43. The first kappa shape index (κ1) is 12.1. The largest absolute Gasteiger partial charge is 0.338 e. The summed E-state index contributed by atoms with van der Waals surface area (Å²) in [7, 11) is 0. The summed E-state index contributed by atoms with van der Waals surface area (Å²) in [6.07, 6.45) is 0. The van der Waals surface area contributed by atoms with Crippen molar-refractivity contribution in [2.24, 2.45) is 0 Å². The van der Waals surface area contributed by atoms with Crippen molar-refractivity contribution in [1.82, 2.24) is 15.5 Å². The molecular weight excluding hydrogens is 238 g/mol. The molecular formula is C12H14ClN3O. The first-order chi connectivity index (χ1) is 8.15. The highest BCUT2D eigenvalue weighted by atomic mass is 35.5. The molecule has 0 aliphatic carbocycles. The number of aryl methyl sites for hydroxylation is 1. The smallest absolute Gasteiger partial charge is 0.240 e. The molecule has 2 rings (SSSR count). The van der Waals surface area contributed by atoms with E-state index in [1.807, 2.05) is 24.3 Å². The number of rotatable bonds is 4. The van der Waals surface area contributed by atoms with Crippen LogP contribution >= 0.6 is 11.6 Å². The van der Waals surface area contributed by atoms with E-state index in [9.17, 15) is 0 Å². The molecule has 1 unspecified atom stereocenters. The van der Waals surface area contributed by atoms with E-state index in [-0.39, 0.29) is 6.04 Å². The molecule has 2 aromatic rings. The van der Waals surface area contributed by atoms with Crippen LogP contribution in [0.4, 0.5) is 0 Å². The second-order valence-corrected chi connectivity index (χ2v) is 4.33. The Morgan fingerprint density at radius 1 is 1.47 bits per heavy atom. The van der Waals surface area contributed by atoms with Crippen LogP contribution in [0.3, 0.4) is 0 Å². The van der Waals surface area contributed by atoms with Crippen LogP contribution in [0.15, 0.2) is 28.8 Å². The average molecular weight is 252 g/mol. The Hall–Kier alpha value is -1.39. The van der Waals surface area contributed by atoms with Crippen molar-refractivity contribution >= 4 is 11.6 Å². The monoisotopic (exact) mass is 251 g/mol. The topological polar surface area (TPSA) is 51.0 Å². The summed E-state index contributed by atoms with van der Waals surface area (Å²) >= 11 is 5.94. The van der Waals surface area contributed by atoms with Gasteiger partial charge in [0.1, 0.15) is 0 Å². The number of nitrogens with one attached hydrogen (secondary N) is 1. The zero-order valence-corrected chi connectivity index (χ0v) is 10.5. The minimum Gasteiger partial charge on any atom is -0.338 e. The maximum Gasteiger partial charge on any atom is 0.240 e. The Bertz CT molecular complexity index is 498. The first-order valence-corrected chi connectivity index (χ1v) is 5.81. The zero-order chi connectivity index (χ0) is 12.3. The predicted octanol–water partition coefficient (Wildman–Crippen LogP) is 2.88. The molecule has 1 aromatic carbocycles. The van der Waals surface area contributed by atoms with E-state index < -0.39 is 0 Å². The highest BCUT2D eigenvalue weighted by Crippen LogP contribution is 2.17. The molecule has 0 fully saturated rings. The number of hydrogen-bond acceptors (Lipinski definition) is 4. The van der Waals surface area contributed by atoms with Crippen LogP contribution in [0.25, 0.3) is 0 Å². The molecule has 0 amide bonds. The molecule has 0 saturated heterocycles. The Morgan fingerprint density at radius 3 is 2.94 bits per heavy atom. The van der Waals surface area contributed by atoms with E-state index >= 15 is 0 Å². The SMILES string of the molecule is Cc1noc(CNC(C)c2cccc(Cl)c2)n1. The lowest BCUT2D eigenvalue weighted by molar-refractivity contribution is 0.357. The molecule has 1 atom stereocenters. The Labute approximate surface area is 105 Å². The second kappa shape index (κ2) is 5.29. The van der Waals surface area contributed by atoms with Crippen LogP contribution in [-0.4, -0.2) is 10.1 Å². The van der Waals surface area contributed by atoms with Crippen molar-refractivity contribution in [3.63, 3.8) is 0 Å². The number of benzene rings is 1. The van der Waals surface area contributed by atoms with Gasteiger partial charge in [0, 0.05) is 11.1 Å². The molecule has 17 heavy (non-hydrogen) atoms. The van der Waals surface area contributed by atoms with Gasteiger partial charge in [-0.1, -0.05) is 28.9 Å². The van der Waals surface area contributed by atoms with Crippen LogP contribution in [0.2, 0.25) is 5.02 Å². The summed E-state index contributed by atoms with van der Waals surface area (Å²) in [5.74, 6) is 1.24. The highest BCUT2D eigenvalue weighted by Gasteiger charge is 2.08. The molecule has 0 spiro atoms. The third-order valence-corrected chi connectivity index (χ3v) is 2.71. The Kier molecular flexibility index (Phi) is 3.76. The van der Waals surface area contributed by atoms with Gasteiger partial charge in [0.25, 0.3) is 0 Å². The lowest BCUT2D eigenvalue weighted by Gasteiger charge is -2.12. The van der Waals surface area contributed by atoms with Gasteiger partial charge in [-0.15, -0.1) is 0 Å². The van der Waals surface area contributed by atoms with E-state index in [1.54, 1.807) is 6.92 Å². The van der Waals surface area contributed by atoms with Crippen molar-refractivity contribution in [3.8, 4) is 0 Å². The molecule has 90 valence electrons. The predicted molar refractivity (Wildman–Crippen MR) is 65.7 cm³/mol. The Balaban J connectivity index is 1.95. The van der Waals surface area contributed by atoms with Gasteiger partial charge in [-0.25, -0.2) is 0 Å². The lowest BCUT2D eigenvalue weighted by Crippen LogP contribution is -2.18. The average Bonchev–Trinajstić information content (AvgIpc) is 2.72. The van der Waals surface area contributed by atoms with Crippen LogP contribution in [0, 0.1) is 6.92 Å². The number of nitrogens with zero attached hydrogens (tertiary/aromatic N) is 2. The van der Waals surface area contributed by atoms with Crippen LogP contribution in [0.5, 0.6) is 0 Å². The molecule has 4 nitrogen and oxygen atoms in total. The van der Waals surface area contributed by atoms with Gasteiger partial charge in [0.15, 0.2) is 5.82 Å². The zero-order valence-electron chi connectivity index (χ0n) is 9.77. The van der Waals surface area contributed by atoms with Gasteiger partial charge < -0.3 is 9.84 Å². The molecule has 0 aliphatic rings. The number of aromatic nitrogens is 2. The van der Waals surface area contributed by atoms with Gasteiger partial charge in [-0.3, -0.25) is 0 Å². The standard InChI is InChI=1S/C12H14ClN3O/c1-8(10-4-3-5-11(13)6-10)14-7-12-15-9(2)16-17-12/h3-6,8,14H,7H2,1-2H3. The molecule has 0 bridgehead atoms. The summed E-state index contributed by atoms with van der Waals surface area (Å²) in [4.78, 5) is 4.13. The molecule has 5 heteroatoms. The molecule has 1 aromatic heterocycles. The maximum atomic E-state index is 5.94. The van der Waals surface area contributed by atoms with Crippen molar-refractivity contribution < 1.29 is 4.52 Å². The molecule has 0 aliphatic heterocycles. The van der Waals surface area contributed by atoms with Crippen molar-refractivity contribution in [2.75, 3.05) is 0 Å². The fraction of sp³-hybridized carbons (Fsp3) is 0.333. The van der Waals surface area contributed by atoms with E-state index in [4.69, 9.17) is 16.1 Å². The lowest BCUT2D eigenvalue weighted by atomic mass is 10.1.